The Morgan fingerprint density at radius 1 is 1.19 bits per heavy atom. The molecule has 1 aliphatic carbocycles. The van der Waals surface area contributed by atoms with Crippen LogP contribution in [-0.2, 0) is 11.8 Å². The molecule has 0 spiro atoms. The van der Waals surface area contributed by atoms with Crippen LogP contribution >= 0.6 is 11.3 Å². The monoisotopic (exact) mass is 451 g/mol. The van der Waals surface area contributed by atoms with Gasteiger partial charge in [0.25, 0.3) is 0 Å². The molecular weight excluding hydrogens is 427 g/mol. The van der Waals surface area contributed by atoms with E-state index >= 15 is 0 Å². The number of anilines is 1. The number of hydrogen-bond acceptors (Lipinski definition) is 6. The molecule has 1 aromatic carbocycles. The number of hydrogen-bond donors (Lipinski definition) is 3. The summed E-state index contributed by atoms with van der Waals surface area (Å²) in [5.41, 5.74) is -0.521. The molecule has 31 heavy (non-hydrogen) atoms. The van der Waals surface area contributed by atoms with Gasteiger partial charge in [-0.15, -0.1) is 11.3 Å². The van der Waals surface area contributed by atoms with Gasteiger partial charge in [0.2, 0.25) is 0 Å². The van der Waals surface area contributed by atoms with Crippen molar-refractivity contribution in [3.8, 4) is 0 Å². The third-order valence-electron chi connectivity index (χ3n) is 5.79. The molecular formula is C22H24F3N3O2S. The molecule has 2 heterocycles. The van der Waals surface area contributed by atoms with Crippen LogP contribution in [0.4, 0.5) is 19.0 Å². The molecule has 4 rings (SSSR count). The molecule has 0 saturated heterocycles. The number of aromatic nitrogens is 2. The van der Waals surface area contributed by atoms with Gasteiger partial charge in [0.15, 0.2) is 0 Å². The van der Waals surface area contributed by atoms with Crippen LogP contribution in [0.5, 0.6) is 0 Å². The van der Waals surface area contributed by atoms with Crippen molar-refractivity contribution in [1.82, 2.24) is 9.97 Å². The number of thiophene rings is 1. The zero-order chi connectivity index (χ0) is 22.4. The van der Waals surface area contributed by atoms with E-state index in [0.717, 1.165) is 21.7 Å². The molecule has 0 aliphatic heterocycles. The number of benzene rings is 1. The van der Waals surface area contributed by atoms with Gasteiger partial charge in [-0.2, -0.15) is 13.2 Å². The number of halogens is 3. The van der Waals surface area contributed by atoms with Crippen molar-refractivity contribution in [2.45, 2.75) is 63.5 Å². The second-order valence-corrected chi connectivity index (χ2v) is 9.25. The topological polar surface area (TPSA) is 78.3 Å². The summed E-state index contributed by atoms with van der Waals surface area (Å²) in [7, 11) is 0. The van der Waals surface area contributed by atoms with E-state index in [1.54, 1.807) is 19.9 Å². The van der Waals surface area contributed by atoms with Gasteiger partial charge < -0.3 is 15.5 Å². The highest BCUT2D eigenvalue weighted by molar-refractivity contribution is 7.19. The first-order valence-corrected chi connectivity index (χ1v) is 11.0. The average molecular weight is 452 g/mol. The van der Waals surface area contributed by atoms with E-state index in [-0.39, 0.29) is 6.10 Å². The smallest absolute Gasteiger partial charge is 0.393 e. The van der Waals surface area contributed by atoms with Crippen LogP contribution in [0.3, 0.4) is 0 Å². The molecule has 0 unspecified atom stereocenters. The maximum Gasteiger partial charge on any atom is 0.416 e. The van der Waals surface area contributed by atoms with E-state index in [1.165, 1.54) is 17.4 Å². The number of aliphatic hydroxyl groups excluding tert-OH is 1. The van der Waals surface area contributed by atoms with Crippen LogP contribution in [0.25, 0.3) is 10.2 Å². The van der Waals surface area contributed by atoms with Gasteiger partial charge in [-0.25, -0.2) is 9.97 Å². The molecule has 0 amide bonds. The summed E-state index contributed by atoms with van der Waals surface area (Å²) in [4.78, 5) is 9.72. The first-order chi connectivity index (χ1) is 14.5. The van der Waals surface area contributed by atoms with E-state index in [9.17, 15) is 23.4 Å². The van der Waals surface area contributed by atoms with Crippen LogP contribution in [0.15, 0.2) is 30.3 Å². The first-order valence-electron chi connectivity index (χ1n) is 10.2. The fourth-order valence-electron chi connectivity index (χ4n) is 3.97. The summed E-state index contributed by atoms with van der Waals surface area (Å²) in [6.07, 6.45) is -2.78. The van der Waals surface area contributed by atoms with Crippen LogP contribution in [0.1, 0.15) is 60.5 Å². The highest BCUT2D eigenvalue weighted by Gasteiger charge is 2.36. The highest BCUT2D eigenvalue weighted by Crippen LogP contribution is 2.43. The van der Waals surface area contributed by atoms with Crippen LogP contribution in [0.2, 0.25) is 0 Å². The van der Waals surface area contributed by atoms with E-state index in [1.807, 2.05) is 6.07 Å². The van der Waals surface area contributed by atoms with E-state index in [0.29, 0.717) is 48.4 Å². The molecule has 166 valence electrons. The minimum atomic E-state index is -4.40. The van der Waals surface area contributed by atoms with E-state index < -0.39 is 23.4 Å². The fraction of sp³-hybridized carbons (Fsp3) is 0.455. The Labute approximate surface area is 182 Å². The summed E-state index contributed by atoms with van der Waals surface area (Å²) < 4.78 is 40.0. The SMILES string of the molecule is Cc1nc(N[C@H](C)c2cccc(C(F)(F)F)c2)c2sc([C@]3(O)CC[C@@H](O)CC3)cc2n1. The molecule has 1 aliphatic rings. The summed E-state index contributed by atoms with van der Waals surface area (Å²) in [5.74, 6) is 1.06. The number of nitrogens with one attached hydrogen (secondary N) is 1. The van der Waals surface area contributed by atoms with Gasteiger partial charge >= 0.3 is 6.18 Å². The second-order valence-electron chi connectivity index (χ2n) is 8.20. The Kier molecular flexibility index (Phi) is 5.70. The lowest BCUT2D eigenvalue weighted by Gasteiger charge is -2.33. The Morgan fingerprint density at radius 3 is 2.58 bits per heavy atom. The Balaban J connectivity index is 1.66. The van der Waals surface area contributed by atoms with Gasteiger partial charge in [0.05, 0.1) is 33.5 Å². The van der Waals surface area contributed by atoms with Gasteiger partial charge in [-0.1, -0.05) is 12.1 Å². The third-order valence-corrected chi connectivity index (χ3v) is 7.12. The Morgan fingerprint density at radius 2 is 1.90 bits per heavy atom. The predicted molar refractivity (Wildman–Crippen MR) is 114 cm³/mol. The molecule has 2 aromatic heterocycles. The highest BCUT2D eigenvalue weighted by atomic mass is 32.1. The van der Waals surface area contributed by atoms with Crippen molar-refractivity contribution >= 4 is 27.4 Å². The molecule has 5 nitrogen and oxygen atoms in total. The average Bonchev–Trinajstić information content (AvgIpc) is 3.15. The minimum absolute atomic E-state index is 0.387. The number of aryl methyl sites for hydroxylation is 1. The quantitative estimate of drug-likeness (QED) is 0.501. The lowest BCUT2D eigenvalue weighted by atomic mass is 9.82. The standard InChI is InChI=1S/C22H24F3N3O2S/c1-12(14-4-3-5-15(10-14)22(23,24)25)26-20-19-17(27-13(2)28-20)11-18(31-19)21(30)8-6-16(29)7-9-21/h3-5,10-12,16,29-30H,6-9H2,1-2H3,(H,26,27,28)/t12-,16-,21+/m1/s1. The zero-order valence-corrected chi connectivity index (χ0v) is 18.0. The normalized spacial score (nSPS) is 23.1. The van der Waals surface area contributed by atoms with Crippen molar-refractivity contribution in [3.63, 3.8) is 0 Å². The van der Waals surface area contributed by atoms with Crippen molar-refractivity contribution in [1.29, 1.82) is 0 Å². The molecule has 1 saturated carbocycles. The van der Waals surface area contributed by atoms with Gasteiger partial charge in [-0.05, 0) is 63.3 Å². The number of aliphatic hydroxyl groups is 2. The summed E-state index contributed by atoms with van der Waals surface area (Å²) in [5, 5.41) is 24.1. The summed E-state index contributed by atoms with van der Waals surface area (Å²) in [6.45, 7) is 3.53. The summed E-state index contributed by atoms with van der Waals surface area (Å²) >= 11 is 1.38. The largest absolute Gasteiger partial charge is 0.416 e. The number of fused-ring (bicyclic) bond motifs is 1. The van der Waals surface area contributed by atoms with Crippen molar-refractivity contribution < 1.29 is 23.4 Å². The molecule has 0 bridgehead atoms. The minimum Gasteiger partial charge on any atom is -0.393 e. The number of alkyl halides is 3. The maximum atomic E-state index is 13.1. The maximum absolute atomic E-state index is 13.1. The number of rotatable bonds is 4. The number of nitrogens with zero attached hydrogens (tertiary/aromatic N) is 2. The summed E-state index contributed by atoms with van der Waals surface area (Å²) in [6, 6.07) is 6.67. The zero-order valence-electron chi connectivity index (χ0n) is 17.2. The third kappa shape index (κ3) is 4.53. The lowest BCUT2D eigenvalue weighted by Crippen LogP contribution is -2.32. The Hall–Kier alpha value is -2.23. The van der Waals surface area contributed by atoms with Crippen molar-refractivity contribution in [2.75, 3.05) is 5.32 Å². The van der Waals surface area contributed by atoms with Crippen molar-refractivity contribution in [2.24, 2.45) is 0 Å². The second kappa shape index (κ2) is 8.03. The van der Waals surface area contributed by atoms with Crippen molar-refractivity contribution in [3.05, 3.63) is 52.2 Å². The van der Waals surface area contributed by atoms with Crippen LogP contribution in [0, 0.1) is 6.92 Å². The van der Waals surface area contributed by atoms with Gasteiger partial charge in [0, 0.05) is 4.88 Å². The first kappa shape index (κ1) is 22.0. The predicted octanol–water partition coefficient (Wildman–Crippen LogP) is 5.31. The molecule has 3 aromatic rings. The molecule has 1 atom stereocenters. The fourth-order valence-corrected chi connectivity index (χ4v) is 5.17. The van der Waals surface area contributed by atoms with Crippen LogP contribution in [-0.4, -0.2) is 26.3 Å². The molecule has 3 N–H and O–H groups in total. The van der Waals surface area contributed by atoms with Gasteiger partial charge in [-0.3, -0.25) is 0 Å². The lowest BCUT2D eigenvalue weighted by molar-refractivity contribution is -0.137. The van der Waals surface area contributed by atoms with E-state index in [4.69, 9.17) is 0 Å². The molecule has 1 fully saturated rings. The van der Waals surface area contributed by atoms with E-state index in [2.05, 4.69) is 15.3 Å². The molecule has 9 heteroatoms. The molecule has 0 radical (unpaired) electrons. The van der Waals surface area contributed by atoms with Crippen LogP contribution < -0.4 is 5.32 Å². The Bertz CT molecular complexity index is 1090. The van der Waals surface area contributed by atoms with Gasteiger partial charge in [0.1, 0.15) is 11.6 Å².